The molecule has 2 rings (SSSR count). The summed E-state index contributed by atoms with van der Waals surface area (Å²) < 4.78 is 5.28. The molecule has 2 heterocycles. The van der Waals surface area contributed by atoms with Gasteiger partial charge in [0.2, 0.25) is 5.91 Å². The average molecular weight is 315 g/mol. The molecule has 7 heteroatoms. The van der Waals surface area contributed by atoms with Crippen molar-refractivity contribution in [3.63, 3.8) is 0 Å². The lowest BCUT2D eigenvalue weighted by atomic mass is 9.92. The van der Waals surface area contributed by atoms with Gasteiger partial charge in [-0.2, -0.15) is 11.8 Å². The first-order valence-corrected chi connectivity index (χ1v) is 8.74. The monoisotopic (exact) mass is 315 g/mol. The molecule has 1 amide bonds. The van der Waals surface area contributed by atoms with E-state index in [4.69, 9.17) is 15.7 Å². The van der Waals surface area contributed by atoms with Gasteiger partial charge in [0.1, 0.15) is 0 Å². The summed E-state index contributed by atoms with van der Waals surface area (Å²) in [6, 6.07) is 0. The lowest BCUT2D eigenvalue weighted by molar-refractivity contribution is -0.138. The van der Waals surface area contributed by atoms with Gasteiger partial charge in [0.05, 0.1) is 16.8 Å². The number of likely N-dealkylation sites (tertiary alicyclic amines) is 1. The third kappa shape index (κ3) is 3.13. The maximum atomic E-state index is 12.6. The topological polar surface area (TPSA) is 88.2 Å². The Morgan fingerprint density at radius 2 is 2.19 bits per heavy atom. The van der Waals surface area contributed by atoms with Crippen molar-refractivity contribution in [1.29, 1.82) is 0 Å². The van der Waals surface area contributed by atoms with Crippen molar-refractivity contribution < 1.29 is 14.7 Å². The molecule has 2 atom stereocenters. The number of rotatable bonds is 4. The molecule has 0 aromatic rings. The van der Waals surface area contributed by atoms with Crippen LogP contribution in [0.1, 0.15) is 32.6 Å². The second kappa shape index (κ2) is 6.87. The summed E-state index contributed by atoms with van der Waals surface area (Å²) in [6.07, 6.45) is 5.17. The SMILES string of the molecule is CCC1OCCC1C(=O)N1CCC(SC)(C(N)=NO)CC1. The van der Waals surface area contributed by atoms with Crippen LogP contribution >= 0.6 is 11.8 Å². The van der Waals surface area contributed by atoms with Crippen molar-refractivity contribution in [3.05, 3.63) is 0 Å². The van der Waals surface area contributed by atoms with Crippen LogP contribution in [0.2, 0.25) is 0 Å². The van der Waals surface area contributed by atoms with E-state index in [0.29, 0.717) is 19.7 Å². The van der Waals surface area contributed by atoms with E-state index in [1.807, 2.05) is 11.2 Å². The fourth-order valence-corrected chi connectivity index (χ4v) is 4.15. The van der Waals surface area contributed by atoms with Gasteiger partial charge in [0, 0.05) is 19.7 Å². The Hall–Kier alpha value is -0.950. The minimum atomic E-state index is -0.345. The number of amides is 1. The van der Waals surface area contributed by atoms with Crippen LogP contribution in [0.3, 0.4) is 0 Å². The molecule has 2 aliphatic heterocycles. The van der Waals surface area contributed by atoms with Gasteiger partial charge in [-0.3, -0.25) is 4.79 Å². The number of amidine groups is 1. The summed E-state index contributed by atoms with van der Waals surface area (Å²) in [5.74, 6) is 0.465. The molecule has 0 saturated carbocycles. The molecule has 2 aliphatic rings. The Bertz CT molecular complexity index is 408. The lowest BCUT2D eigenvalue weighted by Crippen LogP contribution is -2.53. The minimum absolute atomic E-state index is 0.000588. The number of thioether (sulfide) groups is 1. The first kappa shape index (κ1) is 16.4. The third-order valence-electron chi connectivity index (χ3n) is 4.78. The van der Waals surface area contributed by atoms with Crippen molar-refractivity contribution in [1.82, 2.24) is 4.90 Å². The van der Waals surface area contributed by atoms with Crippen LogP contribution in [0.15, 0.2) is 5.16 Å². The van der Waals surface area contributed by atoms with E-state index in [1.165, 1.54) is 0 Å². The largest absolute Gasteiger partial charge is 0.409 e. The van der Waals surface area contributed by atoms with Gasteiger partial charge in [0.25, 0.3) is 0 Å². The molecule has 0 radical (unpaired) electrons. The maximum absolute atomic E-state index is 12.6. The summed E-state index contributed by atoms with van der Waals surface area (Å²) in [4.78, 5) is 14.6. The number of carbonyl (C=O) groups is 1. The molecule has 21 heavy (non-hydrogen) atoms. The molecular weight excluding hydrogens is 290 g/mol. The highest BCUT2D eigenvalue weighted by molar-refractivity contribution is 8.00. The third-order valence-corrected chi connectivity index (χ3v) is 6.18. The maximum Gasteiger partial charge on any atom is 0.228 e. The molecule has 0 aromatic heterocycles. The molecule has 2 unspecified atom stereocenters. The molecule has 2 saturated heterocycles. The zero-order chi connectivity index (χ0) is 15.5. The highest BCUT2D eigenvalue weighted by atomic mass is 32.2. The fraction of sp³-hybridized carbons (Fsp3) is 0.857. The number of piperidine rings is 1. The number of nitrogens with zero attached hydrogens (tertiary/aromatic N) is 2. The van der Waals surface area contributed by atoms with Gasteiger partial charge in [-0.05, 0) is 31.9 Å². The second-order valence-corrected chi connectivity index (χ2v) is 6.91. The van der Waals surface area contributed by atoms with Gasteiger partial charge in [0.15, 0.2) is 5.84 Å². The van der Waals surface area contributed by atoms with Crippen molar-refractivity contribution >= 4 is 23.5 Å². The summed E-state index contributed by atoms with van der Waals surface area (Å²) in [5, 5.41) is 12.1. The predicted octanol–water partition coefficient (Wildman–Crippen LogP) is 1.27. The average Bonchev–Trinajstić information content (AvgIpc) is 3.02. The lowest BCUT2D eigenvalue weighted by Gasteiger charge is -2.40. The summed E-state index contributed by atoms with van der Waals surface area (Å²) in [7, 11) is 0. The van der Waals surface area contributed by atoms with Crippen LogP contribution in [0, 0.1) is 5.92 Å². The first-order chi connectivity index (χ1) is 10.1. The van der Waals surface area contributed by atoms with Crippen LogP contribution in [0.5, 0.6) is 0 Å². The fourth-order valence-electron chi connectivity index (χ4n) is 3.31. The predicted molar refractivity (Wildman–Crippen MR) is 83.6 cm³/mol. The quantitative estimate of drug-likeness (QED) is 0.353. The molecule has 0 spiro atoms. The normalized spacial score (nSPS) is 29.6. The van der Waals surface area contributed by atoms with E-state index in [-0.39, 0.29) is 28.5 Å². The van der Waals surface area contributed by atoms with Crippen LogP contribution in [0.4, 0.5) is 0 Å². The minimum Gasteiger partial charge on any atom is -0.409 e. The van der Waals surface area contributed by atoms with E-state index in [9.17, 15) is 4.79 Å². The van der Waals surface area contributed by atoms with Gasteiger partial charge >= 0.3 is 0 Å². The van der Waals surface area contributed by atoms with E-state index in [2.05, 4.69) is 12.1 Å². The zero-order valence-corrected chi connectivity index (χ0v) is 13.6. The van der Waals surface area contributed by atoms with Crippen molar-refractivity contribution in [2.45, 2.75) is 43.5 Å². The van der Waals surface area contributed by atoms with E-state index < -0.39 is 0 Å². The summed E-state index contributed by atoms with van der Waals surface area (Å²) in [5.41, 5.74) is 5.84. The molecule has 0 aliphatic carbocycles. The number of ether oxygens (including phenoxy) is 1. The van der Waals surface area contributed by atoms with Crippen LogP contribution in [0.25, 0.3) is 0 Å². The standard InChI is InChI=1S/C14H25N3O3S/c1-3-11-10(4-9-20-11)12(18)17-7-5-14(21-2,6-8-17)13(15)16-19/h10-11,19H,3-9H2,1-2H3,(H2,15,16). The van der Waals surface area contributed by atoms with E-state index >= 15 is 0 Å². The Morgan fingerprint density at radius 3 is 2.71 bits per heavy atom. The first-order valence-electron chi connectivity index (χ1n) is 7.51. The number of hydrogen-bond acceptors (Lipinski definition) is 5. The number of hydrogen-bond donors (Lipinski definition) is 2. The van der Waals surface area contributed by atoms with Crippen LogP contribution in [-0.2, 0) is 9.53 Å². The highest BCUT2D eigenvalue weighted by Gasteiger charge is 2.42. The Balaban J connectivity index is 1.99. The Kier molecular flexibility index (Phi) is 5.37. The summed E-state index contributed by atoms with van der Waals surface area (Å²) >= 11 is 1.60. The number of oxime groups is 1. The molecule has 0 bridgehead atoms. The Labute approximate surface area is 130 Å². The van der Waals surface area contributed by atoms with Crippen LogP contribution in [-0.4, -0.2) is 58.7 Å². The highest BCUT2D eigenvalue weighted by Crippen LogP contribution is 2.36. The van der Waals surface area contributed by atoms with Gasteiger partial charge in [-0.1, -0.05) is 12.1 Å². The van der Waals surface area contributed by atoms with Gasteiger partial charge in [-0.15, -0.1) is 0 Å². The molecular formula is C14H25N3O3S. The summed E-state index contributed by atoms with van der Waals surface area (Å²) in [6.45, 7) is 4.05. The number of nitrogens with two attached hydrogens (primary N) is 1. The van der Waals surface area contributed by atoms with Gasteiger partial charge in [-0.25, -0.2) is 0 Å². The van der Waals surface area contributed by atoms with Crippen molar-refractivity contribution in [3.8, 4) is 0 Å². The van der Waals surface area contributed by atoms with Crippen molar-refractivity contribution in [2.75, 3.05) is 26.0 Å². The molecule has 2 fully saturated rings. The van der Waals surface area contributed by atoms with E-state index in [0.717, 1.165) is 25.7 Å². The molecule has 6 nitrogen and oxygen atoms in total. The number of carbonyl (C=O) groups excluding carboxylic acids is 1. The molecule has 3 N–H and O–H groups in total. The van der Waals surface area contributed by atoms with Crippen molar-refractivity contribution in [2.24, 2.45) is 16.8 Å². The van der Waals surface area contributed by atoms with Crippen LogP contribution < -0.4 is 5.73 Å². The second-order valence-electron chi connectivity index (χ2n) is 5.72. The smallest absolute Gasteiger partial charge is 0.228 e. The Morgan fingerprint density at radius 1 is 1.52 bits per heavy atom. The van der Waals surface area contributed by atoms with E-state index in [1.54, 1.807) is 11.8 Å². The van der Waals surface area contributed by atoms with Gasteiger partial charge < -0.3 is 20.6 Å². The molecule has 0 aromatic carbocycles. The zero-order valence-electron chi connectivity index (χ0n) is 12.7. The molecule has 120 valence electrons.